The van der Waals surface area contributed by atoms with Crippen LogP contribution < -0.4 is 5.32 Å². The van der Waals surface area contributed by atoms with Crippen LogP contribution in [0.2, 0.25) is 0 Å². The van der Waals surface area contributed by atoms with Crippen LogP contribution in [-0.2, 0) is 0 Å². The van der Waals surface area contributed by atoms with Gasteiger partial charge in [-0.1, -0.05) is 6.07 Å². The number of carbonyl (C=O) groups excluding carboxylic acids is 1. The molecule has 5 heteroatoms. The maximum Gasteiger partial charge on any atom is 0.272 e. The van der Waals surface area contributed by atoms with E-state index in [2.05, 4.69) is 10.3 Å². The number of carbonyl (C=O) groups is 1. The molecule has 0 spiro atoms. The smallest absolute Gasteiger partial charge is 0.272 e. The lowest BCUT2D eigenvalue weighted by atomic mass is 10.3. The van der Waals surface area contributed by atoms with E-state index in [0.717, 1.165) is 12.3 Å². The summed E-state index contributed by atoms with van der Waals surface area (Å²) in [6.45, 7) is 0.742. The van der Waals surface area contributed by atoms with Gasteiger partial charge in [-0.25, -0.2) is 4.98 Å². The van der Waals surface area contributed by atoms with E-state index in [0.29, 0.717) is 11.5 Å². The fourth-order valence-electron chi connectivity index (χ4n) is 1.22. The van der Waals surface area contributed by atoms with Gasteiger partial charge in [0.1, 0.15) is 11.5 Å². The maximum atomic E-state index is 11.9. The van der Waals surface area contributed by atoms with Gasteiger partial charge in [0.05, 0.1) is 0 Å². The predicted molar refractivity (Wildman–Crippen MR) is 69.1 cm³/mol. The molecule has 0 aliphatic rings. The Morgan fingerprint density at radius 1 is 1.56 bits per heavy atom. The molecule has 0 unspecified atom stereocenters. The van der Waals surface area contributed by atoms with Gasteiger partial charge in [-0.15, -0.1) is 0 Å². The van der Waals surface area contributed by atoms with Crippen LogP contribution >= 0.6 is 11.8 Å². The summed E-state index contributed by atoms with van der Waals surface area (Å²) in [4.78, 5) is 17.8. The second kappa shape index (κ2) is 6.37. The normalized spacial score (nSPS) is 9.94. The average molecular weight is 239 g/mol. The molecule has 0 aromatic carbocycles. The summed E-state index contributed by atoms with van der Waals surface area (Å²) in [5.74, 6) is 1.61. The van der Waals surface area contributed by atoms with Crippen LogP contribution in [0, 0.1) is 0 Å². The Morgan fingerprint density at radius 3 is 2.94 bits per heavy atom. The minimum atomic E-state index is -0.0360. The zero-order chi connectivity index (χ0) is 12.0. The van der Waals surface area contributed by atoms with E-state index in [1.807, 2.05) is 18.4 Å². The Hall–Kier alpha value is -1.23. The van der Waals surface area contributed by atoms with Crippen molar-refractivity contribution < 1.29 is 4.79 Å². The third-order valence-corrected chi connectivity index (χ3v) is 2.79. The van der Waals surface area contributed by atoms with Gasteiger partial charge < -0.3 is 10.2 Å². The molecule has 1 aromatic heterocycles. The van der Waals surface area contributed by atoms with Crippen molar-refractivity contribution in [1.29, 1.82) is 0 Å². The molecule has 4 nitrogen and oxygen atoms in total. The molecule has 1 N–H and O–H groups in total. The summed E-state index contributed by atoms with van der Waals surface area (Å²) in [6, 6.07) is 5.39. The number of aromatic nitrogens is 1. The lowest BCUT2D eigenvalue weighted by molar-refractivity contribution is 0.0798. The summed E-state index contributed by atoms with van der Waals surface area (Å²) in [7, 11) is 3.58. The first-order valence-electron chi connectivity index (χ1n) is 5.08. The Balaban J connectivity index is 2.71. The first-order valence-corrected chi connectivity index (χ1v) is 6.47. The number of nitrogens with one attached hydrogen (secondary N) is 1. The summed E-state index contributed by atoms with van der Waals surface area (Å²) in [5, 5.41) is 2.92. The Bertz CT molecular complexity index is 357. The predicted octanol–water partition coefficient (Wildman–Crippen LogP) is 1.56. The van der Waals surface area contributed by atoms with Gasteiger partial charge in [0.15, 0.2) is 0 Å². The van der Waals surface area contributed by atoms with E-state index in [1.165, 1.54) is 0 Å². The number of hydrogen-bond acceptors (Lipinski definition) is 4. The van der Waals surface area contributed by atoms with Crippen molar-refractivity contribution in [1.82, 2.24) is 9.88 Å². The standard InChI is InChI=1S/C11H17N3OS/c1-12-10-6-4-5-9(13-10)11(15)14(2)7-8-16-3/h4-6H,7-8H2,1-3H3,(H,12,13). The molecule has 16 heavy (non-hydrogen) atoms. The summed E-state index contributed by atoms with van der Waals surface area (Å²) >= 11 is 1.72. The number of hydrogen-bond donors (Lipinski definition) is 1. The van der Waals surface area contributed by atoms with E-state index in [1.54, 1.807) is 36.8 Å². The second-order valence-electron chi connectivity index (χ2n) is 3.38. The average Bonchev–Trinajstić information content (AvgIpc) is 2.35. The summed E-state index contributed by atoms with van der Waals surface area (Å²) in [6.07, 6.45) is 2.03. The lowest BCUT2D eigenvalue weighted by Crippen LogP contribution is -2.29. The highest BCUT2D eigenvalue weighted by atomic mass is 32.2. The topological polar surface area (TPSA) is 45.2 Å². The number of anilines is 1. The molecule has 0 bridgehead atoms. The van der Waals surface area contributed by atoms with Crippen molar-refractivity contribution >= 4 is 23.5 Å². The third kappa shape index (κ3) is 3.41. The zero-order valence-electron chi connectivity index (χ0n) is 9.86. The molecule has 0 aliphatic carbocycles. The van der Waals surface area contributed by atoms with Gasteiger partial charge in [-0.3, -0.25) is 4.79 Å². The molecule has 0 saturated carbocycles. The summed E-state index contributed by atoms with van der Waals surface area (Å²) < 4.78 is 0. The molecule has 0 saturated heterocycles. The van der Waals surface area contributed by atoms with Gasteiger partial charge in [-0.05, 0) is 18.4 Å². The molecule has 0 aliphatic heterocycles. The van der Waals surface area contributed by atoms with Crippen LogP contribution in [0.5, 0.6) is 0 Å². The van der Waals surface area contributed by atoms with E-state index < -0.39 is 0 Å². The van der Waals surface area contributed by atoms with E-state index in [4.69, 9.17) is 0 Å². The quantitative estimate of drug-likeness (QED) is 0.847. The molecular weight excluding hydrogens is 222 g/mol. The largest absolute Gasteiger partial charge is 0.373 e. The van der Waals surface area contributed by atoms with E-state index >= 15 is 0 Å². The van der Waals surface area contributed by atoms with Crippen molar-refractivity contribution in [2.24, 2.45) is 0 Å². The molecule has 88 valence electrons. The van der Waals surface area contributed by atoms with Crippen molar-refractivity contribution in [3.63, 3.8) is 0 Å². The van der Waals surface area contributed by atoms with E-state index in [-0.39, 0.29) is 5.91 Å². The highest BCUT2D eigenvalue weighted by molar-refractivity contribution is 7.98. The highest BCUT2D eigenvalue weighted by Crippen LogP contribution is 2.06. The molecule has 1 aromatic rings. The maximum absolute atomic E-state index is 11.9. The monoisotopic (exact) mass is 239 g/mol. The number of pyridine rings is 1. The second-order valence-corrected chi connectivity index (χ2v) is 4.36. The minimum absolute atomic E-state index is 0.0360. The van der Waals surface area contributed by atoms with Crippen molar-refractivity contribution in [3.05, 3.63) is 23.9 Å². The molecule has 0 fully saturated rings. The molecule has 0 atom stereocenters. The minimum Gasteiger partial charge on any atom is -0.373 e. The van der Waals surface area contributed by atoms with Crippen LogP contribution in [0.4, 0.5) is 5.82 Å². The number of thioether (sulfide) groups is 1. The molecule has 1 rings (SSSR count). The fourth-order valence-corrected chi connectivity index (χ4v) is 1.67. The van der Waals surface area contributed by atoms with Crippen molar-refractivity contribution in [2.75, 3.05) is 38.0 Å². The number of amides is 1. The van der Waals surface area contributed by atoms with Gasteiger partial charge in [0.2, 0.25) is 0 Å². The van der Waals surface area contributed by atoms with Crippen LogP contribution in [0.3, 0.4) is 0 Å². The van der Waals surface area contributed by atoms with Gasteiger partial charge >= 0.3 is 0 Å². The Labute approximate surface area is 100 Å². The van der Waals surface area contributed by atoms with Gasteiger partial charge in [0.25, 0.3) is 5.91 Å². The molecular formula is C11H17N3OS. The molecule has 1 amide bonds. The Morgan fingerprint density at radius 2 is 2.31 bits per heavy atom. The first kappa shape index (κ1) is 12.8. The van der Waals surface area contributed by atoms with Crippen LogP contribution in [-0.4, -0.2) is 48.4 Å². The first-order chi connectivity index (χ1) is 7.69. The SMILES string of the molecule is CNc1cccc(C(=O)N(C)CCSC)n1. The van der Waals surface area contributed by atoms with Crippen LogP contribution in [0.25, 0.3) is 0 Å². The van der Waals surface area contributed by atoms with Crippen molar-refractivity contribution in [2.45, 2.75) is 0 Å². The Kier molecular flexibility index (Phi) is 5.11. The van der Waals surface area contributed by atoms with E-state index in [9.17, 15) is 4.79 Å². The third-order valence-electron chi connectivity index (χ3n) is 2.20. The number of nitrogens with zero attached hydrogens (tertiary/aromatic N) is 2. The van der Waals surface area contributed by atoms with Crippen LogP contribution in [0.1, 0.15) is 10.5 Å². The van der Waals surface area contributed by atoms with Crippen LogP contribution in [0.15, 0.2) is 18.2 Å². The van der Waals surface area contributed by atoms with Gasteiger partial charge in [-0.2, -0.15) is 11.8 Å². The molecule has 0 radical (unpaired) electrons. The molecule has 1 heterocycles. The van der Waals surface area contributed by atoms with Crippen molar-refractivity contribution in [3.8, 4) is 0 Å². The zero-order valence-corrected chi connectivity index (χ0v) is 10.7. The van der Waals surface area contributed by atoms with Gasteiger partial charge in [0, 0.05) is 26.4 Å². The lowest BCUT2D eigenvalue weighted by Gasteiger charge is -2.16. The summed E-state index contributed by atoms with van der Waals surface area (Å²) in [5.41, 5.74) is 0.482. The fraction of sp³-hybridized carbons (Fsp3) is 0.455. The number of rotatable bonds is 5. The highest BCUT2D eigenvalue weighted by Gasteiger charge is 2.12.